The summed E-state index contributed by atoms with van der Waals surface area (Å²) in [5.74, 6) is 0.871. The molecule has 23 heavy (non-hydrogen) atoms. The second kappa shape index (κ2) is 6.57. The van der Waals surface area contributed by atoms with Crippen molar-refractivity contribution >= 4 is 16.9 Å². The van der Waals surface area contributed by atoms with Gasteiger partial charge in [0.15, 0.2) is 0 Å². The Hall–Kier alpha value is -2.75. The van der Waals surface area contributed by atoms with Crippen LogP contribution in [0.4, 0.5) is 0 Å². The van der Waals surface area contributed by atoms with Crippen molar-refractivity contribution in [1.82, 2.24) is 0 Å². The molecule has 2 aromatic carbocycles. The molecule has 0 N–H and O–H groups in total. The molecule has 0 fully saturated rings. The topological polar surface area (TPSA) is 48.7 Å². The van der Waals surface area contributed by atoms with Crippen molar-refractivity contribution < 1.29 is 18.7 Å². The van der Waals surface area contributed by atoms with Gasteiger partial charge in [0.25, 0.3) is 0 Å². The number of hydrogen-bond acceptors (Lipinski definition) is 4. The Bertz CT molecular complexity index is 818. The molecule has 0 bridgehead atoms. The van der Waals surface area contributed by atoms with Gasteiger partial charge in [-0.3, -0.25) is 0 Å². The van der Waals surface area contributed by atoms with Gasteiger partial charge in [0, 0.05) is 5.39 Å². The number of carbonyl (C=O) groups is 1. The van der Waals surface area contributed by atoms with E-state index in [0.29, 0.717) is 41.3 Å². The lowest BCUT2D eigenvalue weighted by atomic mass is 10.1. The Morgan fingerprint density at radius 1 is 1.13 bits per heavy atom. The average molecular weight is 310 g/mol. The minimum Gasteiger partial charge on any atom is -0.489 e. The fourth-order valence-corrected chi connectivity index (χ4v) is 2.49. The average Bonchev–Trinajstić information content (AvgIpc) is 2.89. The maximum atomic E-state index is 12.1. The van der Waals surface area contributed by atoms with E-state index >= 15 is 0 Å². The van der Waals surface area contributed by atoms with Crippen LogP contribution >= 0.6 is 0 Å². The van der Waals surface area contributed by atoms with Crippen molar-refractivity contribution in [2.45, 2.75) is 20.5 Å². The summed E-state index contributed by atoms with van der Waals surface area (Å²) in [5.41, 5.74) is 2.20. The quantitative estimate of drug-likeness (QED) is 0.651. The zero-order chi connectivity index (χ0) is 16.2. The molecule has 0 aliphatic heterocycles. The van der Waals surface area contributed by atoms with Gasteiger partial charge in [-0.25, -0.2) is 4.79 Å². The maximum absolute atomic E-state index is 12.1. The van der Waals surface area contributed by atoms with Crippen LogP contribution in [0.5, 0.6) is 5.75 Å². The van der Waals surface area contributed by atoms with Gasteiger partial charge < -0.3 is 13.9 Å². The molecule has 0 saturated heterocycles. The molecule has 0 saturated carbocycles. The fourth-order valence-electron chi connectivity index (χ4n) is 2.49. The predicted octanol–water partition coefficient (Wildman–Crippen LogP) is 4.50. The minimum absolute atomic E-state index is 0.329. The Morgan fingerprint density at radius 3 is 2.65 bits per heavy atom. The predicted molar refractivity (Wildman–Crippen MR) is 87.7 cm³/mol. The largest absolute Gasteiger partial charge is 0.489 e. The van der Waals surface area contributed by atoms with Crippen molar-refractivity contribution in [1.29, 1.82) is 0 Å². The number of esters is 1. The molecule has 118 valence electrons. The number of aryl methyl sites for hydroxylation is 1. The molecule has 1 aromatic heterocycles. The molecule has 3 aromatic rings. The van der Waals surface area contributed by atoms with E-state index in [1.807, 2.05) is 48.5 Å². The third kappa shape index (κ3) is 3.21. The van der Waals surface area contributed by atoms with Gasteiger partial charge >= 0.3 is 5.97 Å². The molecule has 0 spiro atoms. The van der Waals surface area contributed by atoms with E-state index in [0.717, 1.165) is 5.56 Å². The lowest BCUT2D eigenvalue weighted by Gasteiger charge is -2.06. The molecular weight excluding hydrogens is 292 g/mol. The van der Waals surface area contributed by atoms with Gasteiger partial charge in [0.2, 0.25) is 0 Å². The highest BCUT2D eigenvalue weighted by molar-refractivity contribution is 6.04. The summed E-state index contributed by atoms with van der Waals surface area (Å²) in [6.45, 7) is 4.34. The van der Waals surface area contributed by atoms with E-state index in [4.69, 9.17) is 13.9 Å². The first-order chi connectivity index (χ1) is 11.2. The first-order valence-electron chi connectivity index (χ1n) is 7.56. The lowest BCUT2D eigenvalue weighted by molar-refractivity contribution is 0.0526. The van der Waals surface area contributed by atoms with Crippen LogP contribution in [0.2, 0.25) is 0 Å². The number of furan rings is 1. The first kappa shape index (κ1) is 15.2. The van der Waals surface area contributed by atoms with Crippen molar-refractivity contribution in [2.75, 3.05) is 6.61 Å². The third-order valence-electron chi connectivity index (χ3n) is 3.56. The van der Waals surface area contributed by atoms with E-state index in [1.54, 1.807) is 13.8 Å². The molecule has 0 aliphatic carbocycles. The molecule has 4 nitrogen and oxygen atoms in total. The van der Waals surface area contributed by atoms with E-state index < -0.39 is 0 Å². The van der Waals surface area contributed by atoms with Gasteiger partial charge in [-0.2, -0.15) is 0 Å². The summed E-state index contributed by atoms with van der Waals surface area (Å²) >= 11 is 0. The van der Waals surface area contributed by atoms with Crippen molar-refractivity contribution in [3.8, 4) is 5.75 Å². The van der Waals surface area contributed by atoms with Crippen LogP contribution in [0.1, 0.15) is 28.6 Å². The van der Waals surface area contributed by atoms with Gasteiger partial charge in [-0.15, -0.1) is 0 Å². The first-order valence-corrected chi connectivity index (χ1v) is 7.56. The van der Waals surface area contributed by atoms with E-state index in [-0.39, 0.29) is 5.97 Å². The Kier molecular flexibility index (Phi) is 4.33. The molecule has 4 heteroatoms. The van der Waals surface area contributed by atoms with Crippen molar-refractivity contribution in [3.05, 3.63) is 65.4 Å². The van der Waals surface area contributed by atoms with Gasteiger partial charge in [-0.05, 0) is 37.6 Å². The summed E-state index contributed by atoms with van der Waals surface area (Å²) in [4.78, 5) is 12.1. The summed E-state index contributed by atoms with van der Waals surface area (Å²) in [7, 11) is 0. The summed E-state index contributed by atoms with van der Waals surface area (Å²) in [5, 5.41) is 0.714. The SMILES string of the molecule is CCOC(=O)c1c(C)oc2ccc(OCc3ccccc3)cc12. The summed E-state index contributed by atoms with van der Waals surface area (Å²) in [6.07, 6.45) is 0. The fraction of sp³-hybridized carbons (Fsp3) is 0.211. The molecule has 1 heterocycles. The summed E-state index contributed by atoms with van der Waals surface area (Å²) < 4.78 is 16.5. The van der Waals surface area contributed by atoms with Crippen LogP contribution in [-0.2, 0) is 11.3 Å². The number of ether oxygens (including phenoxy) is 2. The minimum atomic E-state index is -0.371. The zero-order valence-corrected chi connectivity index (χ0v) is 13.2. The van der Waals surface area contributed by atoms with Crippen LogP contribution in [0, 0.1) is 6.92 Å². The van der Waals surface area contributed by atoms with Gasteiger partial charge in [0.1, 0.15) is 29.3 Å². The third-order valence-corrected chi connectivity index (χ3v) is 3.56. The Labute approximate surface area is 134 Å². The van der Waals surface area contributed by atoms with Gasteiger partial charge in [0.05, 0.1) is 6.61 Å². The molecule has 0 amide bonds. The van der Waals surface area contributed by atoms with Crippen LogP contribution in [0.25, 0.3) is 11.0 Å². The van der Waals surface area contributed by atoms with Crippen LogP contribution in [-0.4, -0.2) is 12.6 Å². The number of hydrogen-bond donors (Lipinski definition) is 0. The number of fused-ring (bicyclic) bond motifs is 1. The number of carbonyl (C=O) groups excluding carboxylic acids is 1. The van der Waals surface area contributed by atoms with Crippen molar-refractivity contribution in [2.24, 2.45) is 0 Å². The normalized spacial score (nSPS) is 10.7. The molecule has 0 radical (unpaired) electrons. The monoisotopic (exact) mass is 310 g/mol. The van der Waals surface area contributed by atoms with Gasteiger partial charge in [-0.1, -0.05) is 30.3 Å². The standard InChI is InChI=1S/C19H18O4/c1-3-21-19(20)18-13(2)23-17-10-9-15(11-16(17)18)22-12-14-7-5-4-6-8-14/h4-11H,3,12H2,1-2H3. The van der Waals surface area contributed by atoms with E-state index in [1.165, 1.54) is 0 Å². The summed E-state index contributed by atoms with van der Waals surface area (Å²) in [6, 6.07) is 15.4. The number of benzene rings is 2. The van der Waals surface area contributed by atoms with Crippen LogP contribution < -0.4 is 4.74 Å². The molecule has 0 aliphatic rings. The van der Waals surface area contributed by atoms with Crippen molar-refractivity contribution in [3.63, 3.8) is 0 Å². The smallest absolute Gasteiger partial charge is 0.342 e. The van der Waals surface area contributed by atoms with Crippen LogP contribution in [0.3, 0.4) is 0 Å². The lowest BCUT2D eigenvalue weighted by Crippen LogP contribution is -2.05. The number of rotatable bonds is 5. The Morgan fingerprint density at radius 2 is 1.91 bits per heavy atom. The highest BCUT2D eigenvalue weighted by Gasteiger charge is 2.19. The highest BCUT2D eigenvalue weighted by Crippen LogP contribution is 2.30. The zero-order valence-electron chi connectivity index (χ0n) is 13.2. The van der Waals surface area contributed by atoms with E-state index in [9.17, 15) is 4.79 Å². The van der Waals surface area contributed by atoms with E-state index in [2.05, 4.69) is 0 Å². The Balaban J connectivity index is 1.88. The molecule has 3 rings (SSSR count). The second-order valence-corrected chi connectivity index (χ2v) is 5.19. The second-order valence-electron chi connectivity index (χ2n) is 5.19. The molecule has 0 unspecified atom stereocenters. The molecule has 0 atom stereocenters. The maximum Gasteiger partial charge on any atom is 0.342 e. The molecular formula is C19H18O4. The highest BCUT2D eigenvalue weighted by atomic mass is 16.5. The van der Waals surface area contributed by atoms with Crippen LogP contribution in [0.15, 0.2) is 52.9 Å².